The summed E-state index contributed by atoms with van der Waals surface area (Å²) in [6.45, 7) is -1.51. The highest BCUT2D eigenvalue weighted by molar-refractivity contribution is 5.96. The largest absolute Gasteiger partial charge is 0.493 e. The Kier molecular flexibility index (Phi) is 7.33. The number of alkyl halides is 3. The minimum Gasteiger partial charge on any atom is -0.493 e. The molecular formula is C14H17F3N2O4. The molecular weight excluding hydrogens is 317 g/mol. The Morgan fingerprint density at radius 1 is 1.22 bits per heavy atom. The fraction of sp³-hybridized carbons (Fsp3) is 0.429. The van der Waals surface area contributed by atoms with Crippen LogP contribution >= 0.6 is 0 Å². The Morgan fingerprint density at radius 2 is 1.96 bits per heavy atom. The molecule has 1 aromatic carbocycles. The summed E-state index contributed by atoms with van der Waals surface area (Å²) in [5.74, 6) is -0.764. The molecule has 0 aromatic heterocycles. The summed E-state index contributed by atoms with van der Waals surface area (Å²) in [4.78, 5) is 22.3. The minimum atomic E-state index is -4.34. The van der Waals surface area contributed by atoms with Crippen LogP contribution in [0.4, 0.5) is 13.2 Å². The number of amides is 2. The second-order valence-corrected chi connectivity index (χ2v) is 4.55. The monoisotopic (exact) mass is 334 g/mol. The highest BCUT2D eigenvalue weighted by atomic mass is 19.4. The van der Waals surface area contributed by atoms with E-state index in [4.69, 9.17) is 10.5 Å². The summed E-state index contributed by atoms with van der Waals surface area (Å²) < 4.78 is 45.3. The Hall–Kier alpha value is -2.29. The number of nitrogens with one attached hydrogen (secondary N) is 1. The highest BCUT2D eigenvalue weighted by Crippen LogP contribution is 2.15. The van der Waals surface area contributed by atoms with E-state index in [-0.39, 0.29) is 31.7 Å². The van der Waals surface area contributed by atoms with Crippen LogP contribution in [0.15, 0.2) is 24.3 Å². The smallest absolute Gasteiger partial charge is 0.411 e. The van der Waals surface area contributed by atoms with Gasteiger partial charge in [-0.15, -0.1) is 0 Å². The van der Waals surface area contributed by atoms with E-state index in [1.807, 2.05) is 0 Å². The number of nitrogens with two attached hydrogens (primary N) is 1. The molecule has 128 valence electrons. The zero-order valence-corrected chi connectivity index (χ0v) is 12.2. The second-order valence-electron chi connectivity index (χ2n) is 4.55. The molecule has 0 saturated heterocycles. The van der Waals surface area contributed by atoms with Crippen LogP contribution in [0.25, 0.3) is 0 Å². The number of primary amides is 1. The van der Waals surface area contributed by atoms with Crippen molar-refractivity contribution in [3.63, 3.8) is 0 Å². The molecule has 0 saturated carbocycles. The van der Waals surface area contributed by atoms with Crippen molar-refractivity contribution in [2.75, 3.05) is 26.4 Å². The SMILES string of the molecule is NC(=O)CNC(=O)c1cccc(OCCCOCC(F)(F)F)c1. The van der Waals surface area contributed by atoms with E-state index in [0.29, 0.717) is 5.75 Å². The molecule has 3 N–H and O–H groups in total. The number of benzene rings is 1. The van der Waals surface area contributed by atoms with Crippen molar-refractivity contribution in [1.82, 2.24) is 5.32 Å². The van der Waals surface area contributed by atoms with Crippen LogP contribution in [-0.4, -0.2) is 44.4 Å². The fourth-order valence-electron chi connectivity index (χ4n) is 1.54. The molecule has 0 bridgehead atoms. The molecule has 0 radical (unpaired) electrons. The van der Waals surface area contributed by atoms with E-state index in [0.717, 1.165) is 0 Å². The lowest BCUT2D eigenvalue weighted by Gasteiger charge is -2.09. The molecule has 9 heteroatoms. The Labute approximate surface area is 130 Å². The molecule has 23 heavy (non-hydrogen) atoms. The van der Waals surface area contributed by atoms with Crippen molar-refractivity contribution in [3.8, 4) is 5.75 Å². The Bertz CT molecular complexity index is 535. The summed E-state index contributed by atoms with van der Waals surface area (Å²) in [7, 11) is 0. The van der Waals surface area contributed by atoms with Gasteiger partial charge in [0.1, 0.15) is 12.4 Å². The number of carbonyl (C=O) groups excluding carboxylic acids is 2. The normalized spacial score (nSPS) is 11.1. The molecule has 0 atom stereocenters. The molecule has 1 rings (SSSR count). The topological polar surface area (TPSA) is 90.7 Å². The fourth-order valence-corrected chi connectivity index (χ4v) is 1.54. The maximum absolute atomic E-state index is 11.8. The number of hydrogen-bond donors (Lipinski definition) is 2. The summed E-state index contributed by atoms with van der Waals surface area (Å²) >= 11 is 0. The van der Waals surface area contributed by atoms with Crippen molar-refractivity contribution < 1.29 is 32.2 Å². The van der Waals surface area contributed by atoms with Gasteiger partial charge in [0.05, 0.1) is 19.8 Å². The molecule has 1 aromatic rings. The molecule has 0 aliphatic carbocycles. The molecule has 0 spiro atoms. The van der Waals surface area contributed by atoms with Crippen LogP contribution in [0.2, 0.25) is 0 Å². The number of rotatable bonds is 9. The van der Waals surface area contributed by atoms with Crippen molar-refractivity contribution in [1.29, 1.82) is 0 Å². The van der Waals surface area contributed by atoms with Gasteiger partial charge in [0.15, 0.2) is 0 Å². The van der Waals surface area contributed by atoms with Gasteiger partial charge in [0, 0.05) is 12.0 Å². The third-order valence-corrected chi connectivity index (χ3v) is 2.49. The van der Waals surface area contributed by atoms with Crippen LogP contribution in [0, 0.1) is 0 Å². The quantitative estimate of drug-likeness (QED) is 0.665. The third kappa shape index (κ3) is 8.67. The maximum atomic E-state index is 11.8. The summed E-state index contributed by atoms with van der Waals surface area (Å²) in [6, 6.07) is 6.15. The lowest BCUT2D eigenvalue weighted by molar-refractivity contribution is -0.174. The molecule has 6 nitrogen and oxygen atoms in total. The molecule has 0 fully saturated rings. The van der Waals surface area contributed by atoms with Gasteiger partial charge in [-0.3, -0.25) is 9.59 Å². The van der Waals surface area contributed by atoms with E-state index in [1.165, 1.54) is 12.1 Å². The molecule has 0 unspecified atom stereocenters. The lowest BCUT2D eigenvalue weighted by Crippen LogP contribution is -2.33. The van der Waals surface area contributed by atoms with Gasteiger partial charge < -0.3 is 20.5 Å². The van der Waals surface area contributed by atoms with Crippen molar-refractivity contribution in [2.24, 2.45) is 5.73 Å². The van der Waals surface area contributed by atoms with E-state index >= 15 is 0 Å². The lowest BCUT2D eigenvalue weighted by atomic mass is 10.2. The zero-order valence-electron chi connectivity index (χ0n) is 12.2. The van der Waals surface area contributed by atoms with E-state index in [9.17, 15) is 22.8 Å². The first-order chi connectivity index (χ1) is 10.8. The first-order valence-electron chi connectivity index (χ1n) is 6.72. The Balaban J connectivity index is 2.34. The van der Waals surface area contributed by atoms with E-state index in [2.05, 4.69) is 10.1 Å². The van der Waals surface area contributed by atoms with E-state index in [1.54, 1.807) is 12.1 Å². The predicted molar refractivity (Wildman–Crippen MR) is 75.0 cm³/mol. The second kappa shape index (κ2) is 8.99. The number of hydrogen-bond acceptors (Lipinski definition) is 4. The van der Waals surface area contributed by atoms with Gasteiger partial charge in [-0.2, -0.15) is 13.2 Å². The van der Waals surface area contributed by atoms with Crippen LogP contribution in [-0.2, 0) is 9.53 Å². The summed E-state index contributed by atoms with van der Waals surface area (Å²) in [6.07, 6.45) is -4.07. The standard InChI is InChI=1S/C14H17F3N2O4/c15-14(16,17)9-22-5-2-6-23-11-4-1-3-10(7-11)13(21)19-8-12(18)20/h1,3-4,7H,2,5-6,8-9H2,(H2,18,20)(H,19,21). The molecule has 0 aliphatic rings. The first-order valence-corrected chi connectivity index (χ1v) is 6.72. The number of halogens is 3. The van der Waals surface area contributed by atoms with Crippen LogP contribution < -0.4 is 15.8 Å². The predicted octanol–water partition coefficient (Wildman–Crippen LogP) is 1.25. The summed E-state index contributed by atoms with van der Waals surface area (Å²) in [5, 5.41) is 2.33. The van der Waals surface area contributed by atoms with Gasteiger partial charge in [-0.25, -0.2) is 0 Å². The van der Waals surface area contributed by atoms with Crippen LogP contribution in [0.1, 0.15) is 16.8 Å². The minimum absolute atomic E-state index is 0.0850. The van der Waals surface area contributed by atoms with Gasteiger partial charge >= 0.3 is 6.18 Å². The first kappa shape index (κ1) is 18.8. The summed E-state index contributed by atoms with van der Waals surface area (Å²) in [5.41, 5.74) is 5.20. The van der Waals surface area contributed by atoms with Crippen molar-refractivity contribution >= 4 is 11.8 Å². The number of ether oxygens (including phenoxy) is 2. The molecule has 0 aliphatic heterocycles. The van der Waals surface area contributed by atoms with Gasteiger partial charge in [-0.05, 0) is 18.2 Å². The molecule has 0 heterocycles. The van der Waals surface area contributed by atoms with Crippen molar-refractivity contribution in [3.05, 3.63) is 29.8 Å². The average molecular weight is 334 g/mol. The number of carbonyl (C=O) groups is 2. The van der Waals surface area contributed by atoms with Crippen molar-refractivity contribution in [2.45, 2.75) is 12.6 Å². The van der Waals surface area contributed by atoms with Gasteiger partial charge in [-0.1, -0.05) is 6.07 Å². The third-order valence-electron chi connectivity index (χ3n) is 2.49. The maximum Gasteiger partial charge on any atom is 0.411 e. The van der Waals surface area contributed by atoms with Gasteiger partial charge in [0.2, 0.25) is 5.91 Å². The van der Waals surface area contributed by atoms with Gasteiger partial charge in [0.25, 0.3) is 5.91 Å². The highest BCUT2D eigenvalue weighted by Gasteiger charge is 2.27. The Morgan fingerprint density at radius 3 is 2.61 bits per heavy atom. The average Bonchev–Trinajstić information content (AvgIpc) is 2.47. The zero-order chi connectivity index (χ0) is 17.3. The van der Waals surface area contributed by atoms with E-state index < -0.39 is 24.6 Å². The molecule has 2 amide bonds. The van der Waals surface area contributed by atoms with Crippen LogP contribution in [0.5, 0.6) is 5.75 Å². The van der Waals surface area contributed by atoms with Crippen LogP contribution in [0.3, 0.4) is 0 Å².